The first-order valence-electron chi connectivity index (χ1n) is 4.98. The normalized spacial score (nSPS) is 13.1. The molecule has 0 radical (unpaired) electrons. The zero-order valence-electron chi connectivity index (χ0n) is 9.76. The third kappa shape index (κ3) is 4.23. The van der Waals surface area contributed by atoms with Crippen LogP contribution in [0.5, 0.6) is 0 Å². The van der Waals surface area contributed by atoms with E-state index >= 15 is 0 Å². The number of hydrogen-bond acceptors (Lipinski definition) is 5. The molecule has 106 valence electrons. The lowest BCUT2D eigenvalue weighted by Crippen LogP contribution is -2.37. The summed E-state index contributed by atoms with van der Waals surface area (Å²) in [5, 5.41) is 9.19. The summed E-state index contributed by atoms with van der Waals surface area (Å²) >= 11 is 0. The van der Waals surface area contributed by atoms with Gasteiger partial charge in [0.1, 0.15) is 11.6 Å². The van der Waals surface area contributed by atoms with Crippen LogP contribution in [0.1, 0.15) is 0 Å². The maximum absolute atomic E-state index is 12.9. The molecule has 0 bridgehead atoms. The number of aliphatic hydroxyl groups is 1. The fourth-order valence-corrected chi connectivity index (χ4v) is 2.25. The molecule has 0 fully saturated rings. The van der Waals surface area contributed by atoms with E-state index in [1.807, 2.05) is 4.72 Å². The number of carbonyl (C=O) groups excluding carboxylic acids is 1. The minimum Gasteiger partial charge on any atom is -0.467 e. The Bertz CT molecular complexity index is 555. The van der Waals surface area contributed by atoms with Gasteiger partial charge < -0.3 is 9.84 Å². The number of hydrogen-bond donors (Lipinski definition) is 2. The third-order valence-corrected chi connectivity index (χ3v) is 3.49. The standard InChI is InChI=1S/C10H11F2NO5S/c1-18-10(15)9(14)5-13-19(16,17)8-3-6(11)2-7(12)4-8/h2-4,9,13-14H,5H2,1H3. The molecule has 0 aliphatic carbocycles. The molecule has 9 heteroatoms. The number of nitrogens with one attached hydrogen (secondary N) is 1. The Hall–Kier alpha value is -1.58. The number of ether oxygens (including phenoxy) is 1. The minimum absolute atomic E-state index is 0.516. The van der Waals surface area contributed by atoms with Crippen LogP contribution in [0.25, 0.3) is 0 Å². The molecule has 0 heterocycles. The molecule has 6 nitrogen and oxygen atoms in total. The van der Waals surface area contributed by atoms with E-state index < -0.39 is 45.2 Å². The molecule has 1 aromatic carbocycles. The van der Waals surface area contributed by atoms with Crippen molar-refractivity contribution < 1.29 is 31.8 Å². The van der Waals surface area contributed by atoms with Gasteiger partial charge in [0.25, 0.3) is 0 Å². The second kappa shape index (κ2) is 6.04. The molecule has 0 aromatic heterocycles. The summed E-state index contributed by atoms with van der Waals surface area (Å²) in [5.41, 5.74) is 0. The van der Waals surface area contributed by atoms with Gasteiger partial charge >= 0.3 is 5.97 Å². The van der Waals surface area contributed by atoms with Crippen molar-refractivity contribution in [2.24, 2.45) is 0 Å². The van der Waals surface area contributed by atoms with Crippen molar-refractivity contribution >= 4 is 16.0 Å². The largest absolute Gasteiger partial charge is 0.467 e. The van der Waals surface area contributed by atoms with E-state index in [-0.39, 0.29) is 0 Å². The van der Waals surface area contributed by atoms with Gasteiger partial charge in [-0.05, 0) is 12.1 Å². The van der Waals surface area contributed by atoms with Gasteiger partial charge in [0.05, 0.1) is 12.0 Å². The molecule has 1 atom stereocenters. The molecule has 2 N–H and O–H groups in total. The summed E-state index contributed by atoms with van der Waals surface area (Å²) in [6.07, 6.45) is -1.71. The Kier molecular flexibility index (Phi) is 4.92. The summed E-state index contributed by atoms with van der Waals surface area (Å²) in [4.78, 5) is 10.2. The number of halogens is 2. The Labute approximate surface area is 108 Å². The Balaban J connectivity index is 2.84. The van der Waals surface area contributed by atoms with Gasteiger partial charge in [-0.1, -0.05) is 0 Å². The van der Waals surface area contributed by atoms with E-state index in [1.54, 1.807) is 0 Å². The van der Waals surface area contributed by atoms with Crippen LogP contribution in [0.4, 0.5) is 8.78 Å². The van der Waals surface area contributed by atoms with Crippen molar-refractivity contribution in [2.75, 3.05) is 13.7 Å². The molecule has 0 saturated heterocycles. The van der Waals surface area contributed by atoms with Crippen LogP contribution in [0.2, 0.25) is 0 Å². The average Bonchev–Trinajstić information content (AvgIpc) is 2.33. The maximum Gasteiger partial charge on any atom is 0.336 e. The molecule has 1 rings (SSSR count). The van der Waals surface area contributed by atoms with Crippen molar-refractivity contribution in [1.82, 2.24) is 4.72 Å². The van der Waals surface area contributed by atoms with Gasteiger partial charge in [-0.15, -0.1) is 0 Å². The number of methoxy groups -OCH3 is 1. The monoisotopic (exact) mass is 295 g/mol. The smallest absolute Gasteiger partial charge is 0.336 e. The highest BCUT2D eigenvalue weighted by Crippen LogP contribution is 2.13. The molecule has 0 amide bonds. The lowest BCUT2D eigenvalue weighted by molar-refractivity contribution is -0.149. The zero-order chi connectivity index (χ0) is 14.6. The molecular formula is C10H11F2NO5S. The van der Waals surface area contributed by atoms with Crippen LogP contribution in [-0.2, 0) is 19.6 Å². The highest BCUT2D eigenvalue weighted by Gasteiger charge is 2.21. The number of esters is 1. The number of rotatable bonds is 5. The topological polar surface area (TPSA) is 92.7 Å². The van der Waals surface area contributed by atoms with Gasteiger partial charge in [-0.3, -0.25) is 0 Å². The number of carbonyl (C=O) groups is 1. The molecule has 0 spiro atoms. The SMILES string of the molecule is COC(=O)C(O)CNS(=O)(=O)c1cc(F)cc(F)c1. The summed E-state index contributed by atoms with van der Waals surface area (Å²) < 4.78 is 55.1. The van der Waals surface area contributed by atoms with Gasteiger partial charge in [-0.2, -0.15) is 0 Å². The minimum atomic E-state index is -4.24. The predicted molar refractivity (Wildman–Crippen MR) is 59.6 cm³/mol. The van der Waals surface area contributed by atoms with Crippen LogP contribution < -0.4 is 4.72 Å². The summed E-state index contributed by atoms with van der Waals surface area (Å²) in [7, 11) is -3.22. The first-order valence-corrected chi connectivity index (χ1v) is 6.46. The number of aliphatic hydroxyl groups excluding tert-OH is 1. The molecule has 0 aliphatic heterocycles. The van der Waals surface area contributed by atoms with Gasteiger partial charge in [0, 0.05) is 12.6 Å². The van der Waals surface area contributed by atoms with E-state index in [2.05, 4.69) is 4.74 Å². The summed E-state index contributed by atoms with van der Waals surface area (Å²) in [5.74, 6) is -3.16. The molecule has 19 heavy (non-hydrogen) atoms. The molecule has 0 saturated carbocycles. The van der Waals surface area contributed by atoms with Gasteiger partial charge in [0.2, 0.25) is 10.0 Å². The summed E-state index contributed by atoms with van der Waals surface area (Å²) in [6.45, 7) is -0.673. The highest BCUT2D eigenvalue weighted by atomic mass is 32.2. The Morgan fingerprint density at radius 2 is 1.89 bits per heavy atom. The van der Waals surface area contributed by atoms with Crippen molar-refractivity contribution in [3.05, 3.63) is 29.8 Å². The zero-order valence-corrected chi connectivity index (χ0v) is 10.6. The van der Waals surface area contributed by atoms with E-state index in [0.717, 1.165) is 7.11 Å². The van der Waals surface area contributed by atoms with E-state index in [9.17, 15) is 27.1 Å². The third-order valence-electron chi connectivity index (χ3n) is 2.09. The second-order valence-corrected chi connectivity index (χ2v) is 5.26. The van der Waals surface area contributed by atoms with Gasteiger partial charge in [-0.25, -0.2) is 26.7 Å². The van der Waals surface area contributed by atoms with E-state index in [4.69, 9.17) is 0 Å². The van der Waals surface area contributed by atoms with E-state index in [0.29, 0.717) is 18.2 Å². The second-order valence-electron chi connectivity index (χ2n) is 3.50. The first kappa shape index (κ1) is 15.5. The Morgan fingerprint density at radius 3 is 2.37 bits per heavy atom. The molecule has 0 aliphatic rings. The fraction of sp³-hybridized carbons (Fsp3) is 0.300. The fourth-order valence-electron chi connectivity index (χ4n) is 1.18. The van der Waals surface area contributed by atoms with Gasteiger partial charge in [0.15, 0.2) is 6.10 Å². The molecular weight excluding hydrogens is 284 g/mol. The van der Waals surface area contributed by atoms with Crippen molar-refractivity contribution in [3.8, 4) is 0 Å². The Morgan fingerprint density at radius 1 is 1.37 bits per heavy atom. The van der Waals surface area contributed by atoms with Crippen molar-refractivity contribution in [1.29, 1.82) is 0 Å². The summed E-state index contributed by atoms with van der Waals surface area (Å²) in [6, 6.07) is 1.73. The van der Waals surface area contributed by atoms with Crippen LogP contribution in [0.15, 0.2) is 23.1 Å². The predicted octanol–water partition coefficient (Wildman–Crippen LogP) is -0.223. The first-order chi connectivity index (χ1) is 8.76. The quantitative estimate of drug-likeness (QED) is 0.732. The lowest BCUT2D eigenvalue weighted by atomic mass is 10.3. The van der Waals surface area contributed by atoms with Crippen LogP contribution >= 0.6 is 0 Å². The number of benzene rings is 1. The average molecular weight is 295 g/mol. The molecule has 1 unspecified atom stereocenters. The van der Waals surface area contributed by atoms with Crippen molar-refractivity contribution in [3.63, 3.8) is 0 Å². The van der Waals surface area contributed by atoms with Crippen molar-refractivity contribution in [2.45, 2.75) is 11.0 Å². The molecule has 1 aromatic rings. The maximum atomic E-state index is 12.9. The van der Waals surface area contributed by atoms with Crippen LogP contribution in [0, 0.1) is 11.6 Å². The lowest BCUT2D eigenvalue weighted by Gasteiger charge is -2.10. The highest BCUT2D eigenvalue weighted by molar-refractivity contribution is 7.89. The van der Waals surface area contributed by atoms with E-state index in [1.165, 1.54) is 0 Å². The number of sulfonamides is 1. The van der Waals surface area contributed by atoms with Crippen LogP contribution in [-0.4, -0.2) is 39.3 Å². The van der Waals surface area contributed by atoms with Crippen LogP contribution in [0.3, 0.4) is 0 Å².